The molecule has 1 aromatic heterocycles. The molecule has 0 aliphatic carbocycles. The van der Waals surface area contributed by atoms with E-state index in [0.29, 0.717) is 31.0 Å². The molecule has 0 bridgehead atoms. The van der Waals surface area contributed by atoms with Crippen molar-refractivity contribution in [3.8, 4) is 0 Å². The molecule has 0 spiro atoms. The van der Waals surface area contributed by atoms with Crippen LogP contribution in [0, 0.1) is 6.92 Å². The molecule has 1 fully saturated rings. The van der Waals surface area contributed by atoms with Crippen LogP contribution in [0.4, 0.5) is 4.79 Å². The monoisotopic (exact) mass is 267 g/mol. The molecule has 2 heterocycles. The topological polar surface area (TPSA) is 95.7 Å². The van der Waals surface area contributed by atoms with Crippen molar-refractivity contribution in [3.05, 3.63) is 17.8 Å². The molecule has 0 saturated carbocycles. The van der Waals surface area contributed by atoms with Gasteiger partial charge in [0.2, 0.25) is 5.89 Å². The number of urea groups is 1. The number of oxazole rings is 1. The highest BCUT2D eigenvalue weighted by molar-refractivity contribution is 5.83. The molecule has 104 valence electrons. The Morgan fingerprint density at radius 1 is 1.63 bits per heavy atom. The number of hydrogen-bond donors (Lipinski definition) is 2. The van der Waals surface area contributed by atoms with E-state index in [1.54, 1.807) is 20.0 Å². The van der Waals surface area contributed by atoms with Crippen LogP contribution in [-0.2, 0) is 4.79 Å². The third-order valence-electron chi connectivity index (χ3n) is 3.15. The van der Waals surface area contributed by atoms with Gasteiger partial charge in [-0.15, -0.1) is 0 Å². The van der Waals surface area contributed by atoms with Crippen molar-refractivity contribution >= 4 is 12.0 Å². The Hall–Kier alpha value is -2.05. The van der Waals surface area contributed by atoms with Crippen molar-refractivity contribution in [2.24, 2.45) is 0 Å². The van der Waals surface area contributed by atoms with Crippen molar-refractivity contribution in [3.63, 3.8) is 0 Å². The summed E-state index contributed by atoms with van der Waals surface area (Å²) >= 11 is 0. The van der Waals surface area contributed by atoms with Gasteiger partial charge in [0, 0.05) is 6.54 Å². The van der Waals surface area contributed by atoms with E-state index < -0.39 is 24.1 Å². The van der Waals surface area contributed by atoms with Crippen LogP contribution in [0.25, 0.3) is 0 Å². The number of carbonyl (C=O) groups is 2. The maximum atomic E-state index is 12.0. The molecule has 2 amide bonds. The maximum Gasteiger partial charge on any atom is 0.326 e. The molecule has 1 aliphatic heterocycles. The molecule has 7 nitrogen and oxygen atoms in total. The Bertz CT molecular complexity index is 485. The number of aliphatic carboxylic acids is 1. The number of amides is 2. The molecule has 0 radical (unpaired) electrons. The minimum atomic E-state index is -0.965. The Balaban J connectivity index is 1.99. The number of likely N-dealkylation sites (tertiary alicyclic amines) is 1. The summed E-state index contributed by atoms with van der Waals surface area (Å²) in [5.74, 6) is 0.116. The fourth-order valence-electron chi connectivity index (χ4n) is 2.17. The molecule has 19 heavy (non-hydrogen) atoms. The van der Waals surface area contributed by atoms with Crippen LogP contribution in [0.2, 0.25) is 0 Å². The van der Waals surface area contributed by atoms with Crippen LogP contribution >= 0.6 is 0 Å². The predicted molar refractivity (Wildman–Crippen MR) is 65.6 cm³/mol. The molecular formula is C12H17N3O4. The van der Waals surface area contributed by atoms with E-state index in [2.05, 4.69) is 10.3 Å². The number of nitrogens with zero attached hydrogens (tertiary/aromatic N) is 2. The molecule has 1 unspecified atom stereocenters. The lowest BCUT2D eigenvalue weighted by Gasteiger charge is -2.23. The largest absolute Gasteiger partial charge is 0.480 e. The minimum absolute atomic E-state index is 0.392. The molecule has 2 rings (SSSR count). The number of carboxylic acids is 1. The van der Waals surface area contributed by atoms with Crippen molar-refractivity contribution in [1.82, 2.24) is 15.2 Å². The van der Waals surface area contributed by atoms with Crippen molar-refractivity contribution in [2.75, 3.05) is 6.54 Å². The Morgan fingerprint density at radius 2 is 2.37 bits per heavy atom. The van der Waals surface area contributed by atoms with Crippen LogP contribution in [-0.4, -0.2) is 39.6 Å². The minimum Gasteiger partial charge on any atom is -0.480 e. The van der Waals surface area contributed by atoms with Gasteiger partial charge < -0.3 is 19.7 Å². The molecular weight excluding hydrogens is 250 g/mol. The number of nitrogens with one attached hydrogen (secondary N) is 1. The summed E-state index contributed by atoms with van der Waals surface area (Å²) in [6, 6.07) is -1.53. The standard InChI is InChI=1S/C12H17N3O4/c1-7-6-13-10(19-7)8(2)14-12(18)15-5-3-4-9(15)11(16)17/h6,8-9H,3-5H2,1-2H3,(H,14,18)(H,16,17)/t8?,9-/m1/s1. The predicted octanol–water partition coefficient (Wildman–Crippen LogP) is 1.30. The summed E-state index contributed by atoms with van der Waals surface area (Å²) in [5, 5.41) is 11.7. The Labute approximate surface area is 110 Å². The van der Waals surface area contributed by atoms with Crippen LogP contribution < -0.4 is 5.32 Å². The lowest BCUT2D eigenvalue weighted by atomic mass is 10.2. The van der Waals surface area contributed by atoms with E-state index in [4.69, 9.17) is 9.52 Å². The van der Waals surface area contributed by atoms with Gasteiger partial charge in [-0.3, -0.25) is 0 Å². The van der Waals surface area contributed by atoms with Gasteiger partial charge >= 0.3 is 12.0 Å². The molecule has 1 saturated heterocycles. The van der Waals surface area contributed by atoms with E-state index >= 15 is 0 Å². The second kappa shape index (κ2) is 5.29. The van der Waals surface area contributed by atoms with Gasteiger partial charge in [-0.25, -0.2) is 14.6 Å². The number of hydrogen-bond acceptors (Lipinski definition) is 4. The number of carboxylic acid groups (broad SMARTS) is 1. The van der Waals surface area contributed by atoms with Crippen molar-refractivity contribution < 1.29 is 19.1 Å². The fraction of sp³-hybridized carbons (Fsp3) is 0.583. The molecule has 1 aliphatic rings. The number of aromatic nitrogens is 1. The normalized spacial score (nSPS) is 20.3. The molecule has 7 heteroatoms. The van der Waals surface area contributed by atoms with Crippen molar-refractivity contribution in [2.45, 2.75) is 38.8 Å². The first-order chi connectivity index (χ1) is 8.99. The second-order valence-electron chi connectivity index (χ2n) is 4.67. The number of aryl methyl sites for hydroxylation is 1. The van der Waals surface area contributed by atoms with Gasteiger partial charge in [0.15, 0.2) is 0 Å². The molecule has 1 aromatic rings. The zero-order valence-electron chi connectivity index (χ0n) is 10.9. The summed E-state index contributed by atoms with van der Waals surface area (Å²) in [6.07, 6.45) is 2.78. The fourth-order valence-corrected chi connectivity index (χ4v) is 2.17. The quantitative estimate of drug-likeness (QED) is 0.860. The van der Waals surface area contributed by atoms with Gasteiger partial charge in [-0.05, 0) is 26.7 Å². The van der Waals surface area contributed by atoms with Crippen LogP contribution in [0.3, 0.4) is 0 Å². The van der Waals surface area contributed by atoms with Gasteiger partial charge in [-0.2, -0.15) is 0 Å². The summed E-state index contributed by atoms with van der Waals surface area (Å²) in [7, 11) is 0. The van der Waals surface area contributed by atoms with E-state index in [9.17, 15) is 9.59 Å². The van der Waals surface area contributed by atoms with Crippen LogP contribution in [0.5, 0.6) is 0 Å². The zero-order chi connectivity index (χ0) is 14.0. The van der Waals surface area contributed by atoms with Crippen molar-refractivity contribution in [1.29, 1.82) is 0 Å². The van der Waals surface area contributed by atoms with Gasteiger partial charge in [0.25, 0.3) is 0 Å². The Morgan fingerprint density at radius 3 is 2.95 bits per heavy atom. The third-order valence-corrected chi connectivity index (χ3v) is 3.15. The second-order valence-corrected chi connectivity index (χ2v) is 4.67. The molecule has 2 atom stereocenters. The lowest BCUT2D eigenvalue weighted by Crippen LogP contribution is -2.46. The van der Waals surface area contributed by atoms with E-state index in [1.807, 2.05) is 0 Å². The van der Waals surface area contributed by atoms with Crippen LogP contribution in [0.15, 0.2) is 10.6 Å². The third kappa shape index (κ3) is 2.86. The highest BCUT2D eigenvalue weighted by Gasteiger charge is 2.34. The summed E-state index contributed by atoms with van der Waals surface area (Å²) in [6.45, 7) is 3.97. The summed E-state index contributed by atoms with van der Waals surface area (Å²) in [5.41, 5.74) is 0. The average Bonchev–Trinajstić information content (AvgIpc) is 2.96. The number of rotatable bonds is 3. The average molecular weight is 267 g/mol. The summed E-state index contributed by atoms with van der Waals surface area (Å²) in [4.78, 5) is 28.4. The van der Waals surface area contributed by atoms with Gasteiger partial charge in [0.1, 0.15) is 17.8 Å². The maximum absolute atomic E-state index is 12.0. The number of carbonyl (C=O) groups excluding carboxylic acids is 1. The zero-order valence-corrected chi connectivity index (χ0v) is 10.9. The highest BCUT2D eigenvalue weighted by Crippen LogP contribution is 2.19. The first-order valence-electron chi connectivity index (χ1n) is 6.21. The SMILES string of the molecule is Cc1cnc(C(C)NC(=O)N2CCC[C@@H]2C(=O)O)o1. The lowest BCUT2D eigenvalue weighted by molar-refractivity contribution is -0.141. The van der Waals surface area contributed by atoms with Gasteiger partial charge in [0.05, 0.1) is 6.20 Å². The first kappa shape index (κ1) is 13.4. The molecule has 2 N–H and O–H groups in total. The Kier molecular flexibility index (Phi) is 3.73. The summed E-state index contributed by atoms with van der Waals surface area (Å²) < 4.78 is 5.32. The van der Waals surface area contributed by atoms with Crippen LogP contribution in [0.1, 0.15) is 37.5 Å². The smallest absolute Gasteiger partial charge is 0.326 e. The van der Waals surface area contributed by atoms with E-state index in [1.165, 1.54) is 4.90 Å². The molecule has 0 aromatic carbocycles. The van der Waals surface area contributed by atoms with Gasteiger partial charge in [-0.1, -0.05) is 0 Å². The van der Waals surface area contributed by atoms with E-state index in [-0.39, 0.29) is 0 Å². The van der Waals surface area contributed by atoms with E-state index in [0.717, 1.165) is 0 Å². The highest BCUT2D eigenvalue weighted by atomic mass is 16.4. The first-order valence-corrected chi connectivity index (χ1v) is 6.21.